The van der Waals surface area contributed by atoms with Crippen molar-refractivity contribution < 1.29 is 23.9 Å². The number of imide groups is 1. The fraction of sp³-hybridized carbons (Fsp3) is 0.217. The van der Waals surface area contributed by atoms with E-state index in [0.29, 0.717) is 22.7 Å². The highest BCUT2D eigenvalue weighted by atomic mass is 16.5. The first-order chi connectivity index (χ1) is 15.5. The molecule has 32 heavy (non-hydrogen) atoms. The molecule has 0 radical (unpaired) electrons. The summed E-state index contributed by atoms with van der Waals surface area (Å²) in [6.07, 6.45) is 1.50. The second-order valence-corrected chi connectivity index (χ2v) is 7.24. The lowest BCUT2D eigenvalue weighted by Gasteiger charge is -2.15. The number of nitrogens with zero attached hydrogens (tertiary/aromatic N) is 2. The van der Waals surface area contributed by atoms with E-state index in [1.54, 1.807) is 42.6 Å². The molecule has 164 valence electrons. The highest BCUT2D eigenvalue weighted by molar-refractivity contribution is 6.08. The van der Waals surface area contributed by atoms with Gasteiger partial charge >= 0.3 is 6.03 Å². The number of hydrogen-bond acceptors (Lipinski definition) is 6. The Morgan fingerprint density at radius 3 is 2.69 bits per heavy atom. The molecule has 2 N–H and O–H groups in total. The normalized spacial score (nSPS) is 15.6. The summed E-state index contributed by atoms with van der Waals surface area (Å²) in [4.78, 5) is 43.1. The SMILES string of the molecule is COc1ccc(CN2C(=O)N[C@H](CC(=O)Nc3cccc4ncccc34)C2=O)cc1OC. The van der Waals surface area contributed by atoms with Gasteiger partial charge in [0, 0.05) is 11.6 Å². The number of amides is 4. The number of nitrogens with one attached hydrogen (secondary N) is 2. The number of carbonyl (C=O) groups excluding carboxylic acids is 3. The number of pyridine rings is 1. The summed E-state index contributed by atoms with van der Waals surface area (Å²) in [6.45, 7) is 0.0537. The number of ether oxygens (including phenoxy) is 2. The highest BCUT2D eigenvalue weighted by Gasteiger charge is 2.39. The fourth-order valence-corrected chi connectivity index (χ4v) is 3.63. The van der Waals surface area contributed by atoms with Crippen LogP contribution in [0, 0.1) is 0 Å². The topological polar surface area (TPSA) is 110 Å². The Hall–Kier alpha value is -4.14. The van der Waals surface area contributed by atoms with Crippen LogP contribution >= 0.6 is 0 Å². The van der Waals surface area contributed by atoms with E-state index in [0.717, 1.165) is 15.8 Å². The zero-order valence-corrected chi connectivity index (χ0v) is 17.6. The van der Waals surface area contributed by atoms with Crippen molar-refractivity contribution in [1.29, 1.82) is 0 Å². The van der Waals surface area contributed by atoms with Crippen LogP contribution in [0.4, 0.5) is 10.5 Å². The Balaban J connectivity index is 1.43. The number of carbonyl (C=O) groups is 3. The molecule has 2 heterocycles. The molecule has 9 nitrogen and oxygen atoms in total. The number of fused-ring (bicyclic) bond motifs is 1. The van der Waals surface area contributed by atoms with Gasteiger partial charge in [0.1, 0.15) is 6.04 Å². The Morgan fingerprint density at radius 2 is 1.91 bits per heavy atom. The first kappa shape index (κ1) is 21.1. The molecule has 1 fully saturated rings. The maximum atomic E-state index is 12.8. The van der Waals surface area contributed by atoms with Crippen molar-refractivity contribution in [3.8, 4) is 11.5 Å². The minimum absolute atomic E-state index is 0.0537. The third kappa shape index (κ3) is 4.18. The molecule has 4 amide bonds. The van der Waals surface area contributed by atoms with Crippen LogP contribution in [0.5, 0.6) is 11.5 Å². The first-order valence-electron chi connectivity index (χ1n) is 9.96. The van der Waals surface area contributed by atoms with E-state index in [1.807, 2.05) is 12.1 Å². The predicted octanol–water partition coefficient (Wildman–Crippen LogP) is 2.70. The number of benzene rings is 2. The van der Waals surface area contributed by atoms with Gasteiger partial charge in [0.05, 0.1) is 38.4 Å². The zero-order valence-electron chi connectivity index (χ0n) is 17.6. The number of methoxy groups -OCH3 is 2. The molecule has 1 atom stereocenters. The second kappa shape index (κ2) is 8.93. The summed E-state index contributed by atoms with van der Waals surface area (Å²) in [6, 6.07) is 12.7. The van der Waals surface area contributed by atoms with Gasteiger partial charge in [-0.2, -0.15) is 0 Å². The van der Waals surface area contributed by atoms with Gasteiger partial charge in [0.15, 0.2) is 11.5 Å². The summed E-state index contributed by atoms with van der Waals surface area (Å²) in [7, 11) is 3.04. The van der Waals surface area contributed by atoms with E-state index in [9.17, 15) is 14.4 Å². The van der Waals surface area contributed by atoms with E-state index in [4.69, 9.17) is 9.47 Å². The lowest BCUT2D eigenvalue weighted by atomic mass is 10.1. The van der Waals surface area contributed by atoms with Gasteiger partial charge in [-0.1, -0.05) is 12.1 Å². The average molecular weight is 434 g/mol. The Bertz CT molecular complexity index is 1190. The van der Waals surface area contributed by atoms with E-state index < -0.39 is 18.0 Å². The van der Waals surface area contributed by atoms with E-state index >= 15 is 0 Å². The van der Waals surface area contributed by atoms with Crippen LogP contribution in [-0.2, 0) is 16.1 Å². The van der Waals surface area contributed by atoms with Crippen LogP contribution in [0.25, 0.3) is 10.9 Å². The molecule has 2 aromatic carbocycles. The number of rotatable bonds is 7. The molecule has 1 aromatic heterocycles. The third-order valence-corrected chi connectivity index (χ3v) is 5.20. The number of urea groups is 1. The molecule has 1 aliphatic rings. The zero-order chi connectivity index (χ0) is 22.7. The third-order valence-electron chi connectivity index (χ3n) is 5.20. The maximum Gasteiger partial charge on any atom is 0.325 e. The molecular weight excluding hydrogens is 412 g/mol. The first-order valence-corrected chi connectivity index (χ1v) is 9.96. The van der Waals surface area contributed by atoms with Crippen molar-refractivity contribution >= 4 is 34.4 Å². The summed E-state index contributed by atoms with van der Waals surface area (Å²) in [5, 5.41) is 6.19. The van der Waals surface area contributed by atoms with Crippen molar-refractivity contribution in [2.75, 3.05) is 19.5 Å². The Kier molecular flexibility index (Phi) is 5.89. The highest BCUT2D eigenvalue weighted by Crippen LogP contribution is 2.28. The number of aromatic nitrogens is 1. The van der Waals surface area contributed by atoms with Crippen LogP contribution in [0.3, 0.4) is 0 Å². The number of anilines is 1. The fourth-order valence-electron chi connectivity index (χ4n) is 3.63. The number of hydrogen-bond donors (Lipinski definition) is 2. The van der Waals surface area contributed by atoms with Gasteiger partial charge in [0.25, 0.3) is 5.91 Å². The molecule has 9 heteroatoms. The van der Waals surface area contributed by atoms with E-state index in [1.165, 1.54) is 14.2 Å². The summed E-state index contributed by atoms with van der Waals surface area (Å²) in [5.74, 6) is 0.205. The van der Waals surface area contributed by atoms with Crippen molar-refractivity contribution in [2.45, 2.75) is 19.0 Å². The Labute approximate surface area is 184 Å². The molecule has 0 spiro atoms. The quantitative estimate of drug-likeness (QED) is 0.554. The largest absolute Gasteiger partial charge is 0.493 e. The summed E-state index contributed by atoms with van der Waals surface area (Å²) < 4.78 is 10.5. The molecule has 0 aliphatic carbocycles. The summed E-state index contributed by atoms with van der Waals surface area (Å²) >= 11 is 0. The van der Waals surface area contributed by atoms with Crippen LogP contribution < -0.4 is 20.1 Å². The van der Waals surface area contributed by atoms with Gasteiger partial charge in [0.2, 0.25) is 5.91 Å². The van der Waals surface area contributed by atoms with E-state index in [2.05, 4.69) is 15.6 Å². The Morgan fingerprint density at radius 1 is 1.09 bits per heavy atom. The van der Waals surface area contributed by atoms with Crippen LogP contribution in [0.15, 0.2) is 54.7 Å². The molecule has 1 aliphatic heterocycles. The van der Waals surface area contributed by atoms with E-state index in [-0.39, 0.29) is 18.9 Å². The smallest absolute Gasteiger partial charge is 0.325 e. The van der Waals surface area contributed by atoms with Crippen molar-refractivity contribution in [2.24, 2.45) is 0 Å². The van der Waals surface area contributed by atoms with Crippen LogP contribution in [-0.4, -0.2) is 48.0 Å². The van der Waals surface area contributed by atoms with Gasteiger partial charge in [-0.15, -0.1) is 0 Å². The average Bonchev–Trinajstić information content (AvgIpc) is 3.06. The molecular formula is C23H22N4O5. The molecule has 0 unspecified atom stereocenters. The van der Waals surface area contributed by atoms with Crippen molar-refractivity contribution in [3.63, 3.8) is 0 Å². The predicted molar refractivity (Wildman–Crippen MR) is 117 cm³/mol. The lowest BCUT2D eigenvalue weighted by molar-refractivity contribution is -0.130. The molecule has 0 bridgehead atoms. The molecule has 0 saturated carbocycles. The van der Waals surface area contributed by atoms with Crippen LogP contribution in [0.1, 0.15) is 12.0 Å². The lowest BCUT2D eigenvalue weighted by Crippen LogP contribution is -2.34. The minimum atomic E-state index is -0.934. The maximum absolute atomic E-state index is 12.8. The van der Waals surface area contributed by atoms with Gasteiger partial charge < -0.3 is 20.1 Å². The standard InChI is InChI=1S/C23H22N4O5/c1-31-19-9-8-14(11-20(19)32-2)13-27-22(29)18(26-23(27)30)12-21(28)25-17-7-3-6-16-15(17)5-4-10-24-16/h3-11,18H,12-13H2,1-2H3,(H,25,28)(H,26,30)/t18-/m1/s1. The monoisotopic (exact) mass is 434 g/mol. The summed E-state index contributed by atoms with van der Waals surface area (Å²) in [5.41, 5.74) is 2.04. The van der Waals surface area contributed by atoms with Gasteiger partial charge in [-0.3, -0.25) is 19.5 Å². The molecule has 3 aromatic rings. The van der Waals surface area contributed by atoms with Crippen LogP contribution in [0.2, 0.25) is 0 Å². The van der Waals surface area contributed by atoms with Crippen molar-refractivity contribution in [3.05, 3.63) is 60.3 Å². The molecule has 4 rings (SSSR count). The van der Waals surface area contributed by atoms with Crippen molar-refractivity contribution in [1.82, 2.24) is 15.2 Å². The second-order valence-electron chi connectivity index (χ2n) is 7.24. The molecule has 1 saturated heterocycles. The van der Waals surface area contributed by atoms with Gasteiger partial charge in [-0.05, 0) is 42.0 Å². The van der Waals surface area contributed by atoms with Gasteiger partial charge in [-0.25, -0.2) is 4.79 Å². The minimum Gasteiger partial charge on any atom is -0.493 e.